The standard InChI is InChI=1S/C14H26N4O/c1-11-8-12(18(4)15-11)9-14(19)13-10-16(2)6-5-7-17(13)3/h8,13-14,19H,5-7,9-10H2,1-4H3. The third-order valence-corrected chi connectivity index (χ3v) is 4.08. The highest BCUT2D eigenvalue weighted by atomic mass is 16.3. The monoisotopic (exact) mass is 266 g/mol. The maximum atomic E-state index is 10.6. The summed E-state index contributed by atoms with van der Waals surface area (Å²) in [5.41, 5.74) is 2.11. The lowest BCUT2D eigenvalue weighted by Gasteiger charge is -2.31. The van der Waals surface area contributed by atoms with Crippen LogP contribution in [0.1, 0.15) is 17.8 Å². The summed E-state index contributed by atoms with van der Waals surface area (Å²) in [6.45, 7) is 5.07. The predicted molar refractivity (Wildman–Crippen MR) is 76.2 cm³/mol. The highest BCUT2D eigenvalue weighted by Crippen LogP contribution is 2.14. The third-order valence-electron chi connectivity index (χ3n) is 4.08. The summed E-state index contributed by atoms with van der Waals surface area (Å²) in [5.74, 6) is 0. The molecule has 5 heteroatoms. The van der Waals surface area contributed by atoms with E-state index in [-0.39, 0.29) is 12.1 Å². The van der Waals surface area contributed by atoms with Crippen LogP contribution in [0.4, 0.5) is 0 Å². The molecule has 0 amide bonds. The van der Waals surface area contributed by atoms with Gasteiger partial charge in [0.15, 0.2) is 0 Å². The van der Waals surface area contributed by atoms with E-state index in [9.17, 15) is 5.11 Å². The largest absolute Gasteiger partial charge is 0.391 e. The first kappa shape index (κ1) is 14.5. The normalized spacial score (nSPS) is 24.4. The Balaban J connectivity index is 2.05. The molecule has 108 valence electrons. The van der Waals surface area contributed by atoms with Crippen LogP contribution >= 0.6 is 0 Å². The lowest BCUT2D eigenvalue weighted by atomic mass is 10.0. The molecule has 19 heavy (non-hydrogen) atoms. The first-order chi connectivity index (χ1) is 8.97. The Morgan fingerprint density at radius 3 is 2.74 bits per heavy atom. The van der Waals surface area contributed by atoms with Crippen LogP contribution in [-0.4, -0.2) is 70.6 Å². The summed E-state index contributed by atoms with van der Waals surface area (Å²) in [6.07, 6.45) is 1.49. The highest BCUT2D eigenvalue weighted by Gasteiger charge is 2.27. The Kier molecular flexibility index (Phi) is 4.60. The maximum absolute atomic E-state index is 10.6. The molecule has 2 unspecified atom stereocenters. The van der Waals surface area contributed by atoms with Gasteiger partial charge in [-0.1, -0.05) is 0 Å². The van der Waals surface area contributed by atoms with Crippen LogP contribution in [0, 0.1) is 6.92 Å². The van der Waals surface area contributed by atoms with Gasteiger partial charge in [-0.15, -0.1) is 0 Å². The summed E-state index contributed by atoms with van der Waals surface area (Å²) < 4.78 is 1.87. The van der Waals surface area contributed by atoms with Gasteiger partial charge in [-0.25, -0.2) is 0 Å². The second kappa shape index (κ2) is 6.03. The van der Waals surface area contributed by atoms with Gasteiger partial charge < -0.3 is 10.0 Å². The van der Waals surface area contributed by atoms with E-state index in [2.05, 4.69) is 35.1 Å². The van der Waals surface area contributed by atoms with Crippen molar-refractivity contribution in [2.24, 2.45) is 7.05 Å². The van der Waals surface area contributed by atoms with Crippen LogP contribution in [-0.2, 0) is 13.5 Å². The van der Waals surface area contributed by atoms with Gasteiger partial charge in [0.25, 0.3) is 0 Å². The fraction of sp³-hybridized carbons (Fsp3) is 0.786. The van der Waals surface area contributed by atoms with Crippen molar-refractivity contribution < 1.29 is 5.11 Å². The molecule has 1 fully saturated rings. The van der Waals surface area contributed by atoms with Crippen LogP contribution in [0.2, 0.25) is 0 Å². The minimum Gasteiger partial charge on any atom is -0.391 e. The van der Waals surface area contributed by atoms with Crippen LogP contribution in [0.25, 0.3) is 0 Å². The van der Waals surface area contributed by atoms with Crippen molar-refractivity contribution in [3.05, 3.63) is 17.5 Å². The molecule has 2 atom stereocenters. The van der Waals surface area contributed by atoms with Crippen molar-refractivity contribution in [3.63, 3.8) is 0 Å². The van der Waals surface area contributed by atoms with Gasteiger partial charge in [0, 0.05) is 31.7 Å². The first-order valence-corrected chi connectivity index (χ1v) is 7.03. The van der Waals surface area contributed by atoms with E-state index in [1.807, 2.05) is 18.7 Å². The van der Waals surface area contributed by atoms with Crippen molar-refractivity contribution in [1.82, 2.24) is 19.6 Å². The first-order valence-electron chi connectivity index (χ1n) is 7.03. The molecule has 1 aliphatic heterocycles. The molecular formula is C14H26N4O. The molecule has 1 aromatic heterocycles. The Labute approximate surface area is 115 Å². The van der Waals surface area contributed by atoms with Crippen LogP contribution in [0.5, 0.6) is 0 Å². The van der Waals surface area contributed by atoms with Gasteiger partial charge >= 0.3 is 0 Å². The zero-order chi connectivity index (χ0) is 14.0. The lowest BCUT2D eigenvalue weighted by Crippen LogP contribution is -2.47. The van der Waals surface area contributed by atoms with Gasteiger partial charge in [-0.05, 0) is 46.6 Å². The summed E-state index contributed by atoms with van der Waals surface area (Å²) in [4.78, 5) is 4.60. The number of aromatic nitrogens is 2. The number of likely N-dealkylation sites (N-methyl/N-ethyl adjacent to an activating group) is 2. The van der Waals surface area contributed by atoms with Gasteiger partial charge in [0.05, 0.1) is 11.8 Å². The number of aryl methyl sites for hydroxylation is 2. The Hall–Kier alpha value is -0.910. The predicted octanol–water partition coefficient (Wildman–Crippen LogP) is 0.268. The molecule has 0 bridgehead atoms. The van der Waals surface area contributed by atoms with E-state index < -0.39 is 0 Å². The molecular weight excluding hydrogens is 240 g/mol. The number of hydrogen-bond donors (Lipinski definition) is 1. The van der Waals surface area contributed by atoms with E-state index in [0.717, 1.165) is 31.0 Å². The summed E-state index contributed by atoms with van der Waals surface area (Å²) >= 11 is 0. The molecule has 1 aliphatic rings. The second-order valence-corrected chi connectivity index (χ2v) is 5.84. The van der Waals surface area contributed by atoms with Crippen LogP contribution in [0.3, 0.4) is 0 Å². The van der Waals surface area contributed by atoms with Crippen molar-refractivity contribution in [1.29, 1.82) is 0 Å². The number of rotatable bonds is 3. The minimum atomic E-state index is -0.347. The highest BCUT2D eigenvalue weighted by molar-refractivity contribution is 5.10. The zero-order valence-electron chi connectivity index (χ0n) is 12.5. The average Bonchev–Trinajstić information content (AvgIpc) is 2.54. The molecule has 0 radical (unpaired) electrons. The summed E-state index contributed by atoms with van der Waals surface area (Å²) in [7, 11) is 6.19. The topological polar surface area (TPSA) is 44.5 Å². The second-order valence-electron chi connectivity index (χ2n) is 5.84. The number of hydrogen-bond acceptors (Lipinski definition) is 4. The number of aliphatic hydroxyl groups is 1. The Morgan fingerprint density at radius 2 is 2.11 bits per heavy atom. The van der Waals surface area contributed by atoms with E-state index in [0.29, 0.717) is 6.42 Å². The van der Waals surface area contributed by atoms with Gasteiger partial charge in [-0.3, -0.25) is 9.58 Å². The van der Waals surface area contributed by atoms with E-state index >= 15 is 0 Å². The maximum Gasteiger partial charge on any atom is 0.0762 e. The molecule has 1 aromatic rings. The molecule has 0 aromatic carbocycles. The quantitative estimate of drug-likeness (QED) is 0.853. The number of aliphatic hydroxyl groups excluding tert-OH is 1. The zero-order valence-corrected chi connectivity index (χ0v) is 12.5. The van der Waals surface area contributed by atoms with Gasteiger partial charge in [0.1, 0.15) is 0 Å². The van der Waals surface area contributed by atoms with Crippen LogP contribution in [0.15, 0.2) is 6.07 Å². The fourth-order valence-corrected chi connectivity index (χ4v) is 2.93. The van der Waals surface area contributed by atoms with Crippen molar-refractivity contribution >= 4 is 0 Å². The molecule has 2 heterocycles. The van der Waals surface area contributed by atoms with Gasteiger partial charge in [0.2, 0.25) is 0 Å². The van der Waals surface area contributed by atoms with Gasteiger partial charge in [-0.2, -0.15) is 5.10 Å². The fourth-order valence-electron chi connectivity index (χ4n) is 2.93. The average molecular weight is 266 g/mol. The lowest BCUT2D eigenvalue weighted by molar-refractivity contribution is 0.0569. The van der Waals surface area contributed by atoms with Crippen molar-refractivity contribution in [2.75, 3.05) is 33.7 Å². The molecule has 0 aliphatic carbocycles. The molecule has 5 nitrogen and oxygen atoms in total. The Morgan fingerprint density at radius 1 is 1.37 bits per heavy atom. The van der Waals surface area contributed by atoms with Crippen LogP contribution < -0.4 is 0 Å². The molecule has 0 saturated carbocycles. The van der Waals surface area contributed by atoms with Crippen molar-refractivity contribution in [2.45, 2.75) is 31.9 Å². The van der Waals surface area contributed by atoms with E-state index in [4.69, 9.17) is 0 Å². The molecule has 0 spiro atoms. The third kappa shape index (κ3) is 3.55. The van der Waals surface area contributed by atoms with E-state index in [1.54, 1.807) is 0 Å². The molecule has 1 saturated heterocycles. The van der Waals surface area contributed by atoms with Crippen molar-refractivity contribution in [3.8, 4) is 0 Å². The summed E-state index contributed by atoms with van der Waals surface area (Å²) in [6, 6.07) is 2.26. The molecule has 2 rings (SSSR count). The Bertz CT molecular complexity index is 418. The molecule has 1 N–H and O–H groups in total. The summed E-state index contributed by atoms with van der Waals surface area (Å²) in [5, 5.41) is 14.9. The van der Waals surface area contributed by atoms with E-state index in [1.165, 1.54) is 6.42 Å². The smallest absolute Gasteiger partial charge is 0.0762 e. The SMILES string of the molecule is Cc1cc(CC(O)C2CN(C)CCCN2C)n(C)n1. The minimum absolute atomic E-state index is 0.197. The number of nitrogens with zero attached hydrogens (tertiary/aromatic N) is 4.